The van der Waals surface area contributed by atoms with Crippen LogP contribution in [0.2, 0.25) is 0 Å². The maximum atomic E-state index is 12.4. The van der Waals surface area contributed by atoms with E-state index < -0.39 is 36.1 Å². The highest BCUT2D eigenvalue weighted by molar-refractivity contribution is 5.76. The smallest absolute Gasteiger partial charge is 0.413 e. The summed E-state index contributed by atoms with van der Waals surface area (Å²) in [5, 5.41) is 8.30. The molecule has 0 aromatic rings. The first-order valence-corrected chi connectivity index (χ1v) is 4.23. The van der Waals surface area contributed by atoms with E-state index in [2.05, 4.69) is 0 Å². The summed E-state index contributed by atoms with van der Waals surface area (Å²) in [6, 6.07) is 0. The molecule has 0 fully saturated rings. The average molecular weight is 252 g/mol. The predicted octanol–water partition coefficient (Wildman–Crippen LogP) is 3.23. The lowest BCUT2D eigenvalue weighted by molar-refractivity contribution is -0.335. The lowest BCUT2D eigenvalue weighted by atomic mass is 9.78. The average Bonchev–Trinajstić information content (AvgIpc) is 1.93. The minimum absolute atomic E-state index is 1.06. The molecule has 0 aliphatic heterocycles. The largest absolute Gasteiger partial charge is 0.480 e. The fourth-order valence-corrected chi connectivity index (χ4v) is 1.33. The van der Waals surface area contributed by atoms with Crippen LogP contribution in [0.3, 0.4) is 0 Å². The van der Waals surface area contributed by atoms with Crippen LogP contribution in [0.15, 0.2) is 0 Å². The molecule has 0 unspecified atom stereocenters. The van der Waals surface area contributed by atoms with Gasteiger partial charge in [-0.2, -0.15) is 26.3 Å². The zero-order valence-corrected chi connectivity index (χ0v) is 8.41. The van der Waals surface area contributed by atoms with Crippen LogP contribution < -0.4 is 0 Å². The number of carbonyl (C=O) groups is 1. The SMILES string of the molecule is CC(C)CC(C(=O)O)(C(F)(F)F)C(F)(F)F. The van der Waals surface area contributed by atoms with Gasteiger partial charge < -0.3 is 5.11 Å². The number of rotatable bonds is 3. The fourth-order valence-electron chi connectivity index (χ4n) is 1.33. The summed E-state index contributed by atoms with van der Waals surface area (Å²) >= 11 is 0. The first kappa shape index (κ1) is 15.0. The molecule has 0 aromatic carbocycles. The molecule has 0 radical (unpaired) electrons. The Morgan fingerprint density at radius 1 is 1.06 bits per heavy atom. The molecule has 0 atom stereocenters. The monoisotopic (exact) mass is 252 g/mol. The van der Waals surface area contributed by atoms with Crippen LogP contribution in [0.4, 0.5) is 26.3 Å². The van der Waals surface area contributed by atoms with E-state index in [4.69, 9.17) is 5.11 Å². The predicted molar refractivity (Wildman–Crippen MR) is 41.6 cm³/mol. The van der Waals surface area contributed by atoms with E-state index in [1.54, 1.807) is 0 Å². The minimum atomic E-state index is -5.87. The van der Waals surface area contributed by atoms with Crippen LogP contribution in [0, 0.1) is 11.3 Å². The highest BCUT2D eigenvalue weighted by atomic mass is 19.4. The van der Waals surface area contributed by atoms with Gasteiger partial charge in [-0.3, -0.25) is 4.79 Å². The quantitative estimate of drug-likeness (QED) is 0.783. The molecule has 8 heteroatoms. The Kier molecular flexibility index (Phi) is 3.89. The van der Waals surface area contributed by atoms with E-state index in [9.17, 15) is 31.1 Å². The van der Waals surface area contributed by atoms with Gasteiger partial charge in [0.05, 0.1) is 0 Å². The summed E-state index contributed by atoms with van der Waals surface area (Å²) in [4.78, 5) is 10.4. The molecule has 0 heterocycles. The summed E-state index contributed by atoms with van der Waals surface area (Å²) in [6.45, 7) is 2.18. The van der Waals surface area contributed by atoms with Gasteiger partial charge in [0.15, 0.2) is 0 Å². The van der Waals surface area contributed by atoms with Gasteiger partial charge in [0, 0.05) is 0 Å². The van der Waals surface area contributed by atoms with Gasteiger partial charge in [-0.15, -0.1) is 0 Å². The zero-order chi connectivity index (χ0) is 13.4. The normalized spacial score (nSPS) is 14.3. The lowest BCUT2D eigenvalue weighted by Gasteiger charge is -2.34. The van der Waals surface area contributed by atoms with Crippen molar-refractivity contribution < 1.29 is 36.2 Å². The Morgan fingerprint density at radius 3 is 1.44 bits per heavy atom. The van der Waals surface area contributed by atoms with E-state index in [1.165, 1.54) is 0 Å². The molecule has 0 aliphatic rings. The second-order valence-electron chi connectivity index (χ2n) is 3.80. The van der Waals surface area contributed by atoms with Crippen molar-refractivity contribution in [1.82, 2.24) is 0 Å². The minimum Gasteiger partial charge on any atom is -0.480 e. The number of hydrogen-bond donors (Lipinski definition) is 1. The van der Waals surface area contributed by atoms with Gasteiger partial charge in [-0.05, 0) is 12.3 Å². The van der Waals surface area contributed by atoms with Crippen molar-refractivity contribution in [2.45, 2.75) is 32.6 Å². The van der Waals surface area contributed by atoms with Crippen LogP contribution in [0.25, 0.3) is 0 Å². The number of halogens is 6. The number of alkyl halides is 6. The maximum absolute atomic E-state index is 12.4. The van der Waals surface area contributed by atoms with Crippen molar-refractivity contribution in [3.63, 3.8) is 0 Å². The summed E-state index contributed by atoms with van der Waals surface area (Å²) < 4.78 is 74.3. The molecule has 1 N–H and O–H groups in total. The van der Waals surface area contributed by atoms with Crippen LogP contribution in [-0.4, -0.2) is 23.4 Å². The Morgan fingerprint density at radius 2 is 1.38 bits per heavy atom. The third-order valence-corrected chi connectivity index (χ3v) is 2.05. The van der Waals surface area contributed by atoms with Crippen molar-refractivity contribution >= 4 is 5.97 Å². The van der Waals surface area contributed by atoms with Crippen LogP contribution in [0.5, 0.6) is 0 Å². The Balaban J connectivity index is 5.71. The molecule has 0 aliphatic carbocycles. The molecule has 0 saturated carbocycles. The van der Waals surface area contributed by atoms with Gasteiger partial charge in [0.1, 0.15) is 0 Å². The lowest BCUT2D eigenvalue weighted by Crippen LogP contribution is -2.56. The topological polar surface area (TPSA) is 37.3 Å². The van der Waals surface area contributed by atoms with E-state index in [-0.39, 0.29) is 0 Å². The van der Waals surface area contributed by atoms with Crippen molar-refractivity contribution in [3.05, 3.63) is 0 Å². The third kappa shape index (κ3) is 2.41. The van der Waals surface area contributed by atoms with Gasteiger partial charge in [0.2, 0.25) is 0 Å². The second-order valence-corrected chi connectivity index (χ2v) is 3.80. The molecule has 16 heavy (non-hydrogen) atoms. The third-order valence-electron chi connectivity index (χ3n) is 2.05. The molecule has 2 nitrogen and oxygen atoms in total. The van der Waals surface area contributed by atoms with Crippen molar-refractivity contribution in [2.24, 2.45) is 11.3 Å². The fraction of sp³-hybridized carbons (Fsp3) is 0.875. The molecule has 0 aromatic heterocycles. The molecule has 0 bridgehead atoms. The van der Waals surface area contributed by atoms with E-state index in [0.717, 1.165) is 13.8 Å². The van der Waals surface area contributed by atoms with Crippen LogP contribution in [0.1, 0.15) is 20.3 Å². The number of hydrogen-bond acceptors (Lipinski definition) is 1. The Bertz CT molecular complexity index is 251. The highest BCUT2D eigenvalue weighted by Gasteiger charge is 2.75. The highest BCUT2D eigenvalue weighted by Crippen LogP contribution is 2.54. The molecule has 96 valence electrons. The van der Waals surface area contributed by atoms with Crippen molar-refractivity contribution in [3.8, 4) is 0 Å². The van der Waals surface area contributed by atoms with Crippen LogP contribution >= 0.6 is 0 Å². The Labute approximate surface area is 87.2 Å². The van der Waals surface area contributed by atoms with Crippen molar-refractivity contribution in [2.75, 3.05) is 0 Å². The molecule has 0 rings (SSSR count). The van der Waals surface area contributed by atoms with Gasteiger partial charge in [0.25, 0.3) is 5.41 Å². The summed E-state index contributed by atoms with van der Waals surface area (Å²) in [6.07, 6.45) is -13.3. The van der Waals surface area contributed by atoms with Gasteiger partial charge in [-0.25, -0.2) is 0 Å². The second kappa shape index (κ2) is 4.14. The van der Waals surface area contributed by atoms with Crippen LogP contribution in [-0.2, 0) is 4.79 Å². The standard InChI is InChI=1S/C8H10F6O2/c1-4(2)3-6(5(15)16,7(9,10)11)8(12,13)14/h4H,3H2,1-2H3,(H,15,16). The summed E-state index contributed by atoms with van der Waals surface area (Å²) in [7, 11) is 0. The number of aliphatic carboxylic acids is 1. The first-order valence-electron chi connectivity index (χ1n) is 4.23. The molecular formula is C8H10F6O2. The maximum Gasteiger partial charge on any atom is 0.413 e. The van der Waals surface area contributed by atoms with Gasteiger partial charge in [-0.1, -0.05) is 13.8 Å². The van der Waals surface area contributed by atoms with E-state index in [1.807, 2.05) is 0 Å². The van der Waals surface area contributed by atoms with Crippen molar-refractivity contribution in [1.29, 1.82) is 0 Å². The molecule has 0 saturated heterocycles. The summed E-state index contributed by atoms with van der Waals surface area (Å²) in [5.41, 5.74) is -4.69. The zero-order valence-electron chi connectivity index (χ0n) is 8.41. The molecule has 0 amide bonds. The van der Waals surface area contributed by atoms with E-state index in [0.29, 0.717) is 0 Å². The number of carboxylic acid groups (broad SMARTS) is 1. The molecule has 0 spiro atoms. The molecular weight excluding hydrogens is 242 g/mol. The van der Waals surface area contributed by atoms with Gasteiger partial charge >= 0.3 is 18.3 Å². The number of carboxylic acids is 1. The Hall–Kier alpha value is -0.950. The first-order chi connectivity index (χ1) is 6.86. The van der Waals surface area contributed by atoms with E-state index >= 15 is 0 Å². The summed E-state index contributed by atoms with van der Waals surface area (Å²) in [5.74, 6) is -3.97.